The summed E-state index contributed by atoms with van der Waals surface area (Å²) in [6.45, 7) is 1.60. The number of Topliss-reactive ketones (excluding diaryl/α,β-unsaturated/α-hetero) is 1. The third-order valence-electron chi connectivity index (χ3n) is 3.56. The van der Waals surface area contributed by atoms with E-state index in [1.807, 2.05) is 30.3 Å². The Hall–Kier alpha value is -2.04. The number of ether oxygens (including phenoxy) is 1. The van der Waals surface area contributed by atoms with Gasteiger partial charge in [-0.15, -0.1) is 0 Å². The summed E-state index contributed by atoms with van der Waals surface area (Å²) in [6, 6.07) is 14.1. The number of carbonyl (C=O) groups excluding carboxylic acids is 1. The fourth-order valence-corrected chi connectivity index (χ4v) is 2.53. The van der Waals surface area contributed by atoms with Crippen LogP contribution in [-0.2, 0) is 4.74 Å². The molecule has 1 N–H and O–H groups in total. The summed E-state index contributed by atoms with van der Waals surface area (Å²) in [5, 5.41) is 3.10. The topological polar surface area (TPSA) is 38.3 Å². The van der Waals surface area contributed by atoms with Gasteiger partial charge in [-0.3, -0.25) is 4.79 Å². The average molecular weight is 285 g/mol. The van der Waals surface area contributed by atoms with E-state index in [0.29, 0.717) is 25.3 Å². The van der Waals surface area contributed by atoms with E-state index in [4.69, 9.17) is 4.74 Å². The summed E-state index contributed by atoms with van der Waals surface area (Å²) in [6.07, 6.45) is -0.627. The molecule has 1 fully saturated rings. The first-order chi connectivity index (χ1) is 10.3. The number of carbonyl (C=O) groups is 1. The van der Waals surface area contributed by atoms with E-state index in [-0.39, 0.29) is 11.3 Å². The van der Waals surface area contributed by atoms with Gasteiger partial charge in [0, 0.05) is 13.1 Å². The molecular formula is C17H16FNO2. The minimum absolute atomic E-state index is 0.109. The van der Waals surface area contributed by atoms with Crippen LogP contribution < -0.4 is 5.32 Å². The SMILES string of the molecule is O=C(c1c(F)cccc1-c1ccccc1)C1CNCCO1. The van der Waals surface area contributed by atoms with Crippen molar-refractivity contribution >= 4 is 5.78 Å². The van der Waals surface area contributed by atoms with Gasteiger partial charge in [0.25, 0.3) is 0 Å². The molecule has 1 aliphatic rings. The molecule has 108 valence electrons. The largest absolute Gasteiger partial charge is 0.367 e. The second-order valence-electron chi connectivity index (χ2n) is 4.96. The number of nitrogens with one attached hydrogen (secondary N) is 1. The maximum absolute atomic E-state index is 14.2. The molecular weight excluding hydrogens is 269 g/mol. The first-order valence-electron chi connectivity index (χ1n) is 6.98. The van der Waals surface area contributed by atoms with E-state index < -0.39 is 11.9 Å². The predicted molar refractivity (Wildman–Crippen MR) is 78.8 cm³/mol. The van der Waals surface area contributed by atoms with Crippen molar-refractivity contribution in [3.05, 3.63) is 59.9 Å². The van der Waals surface area contributed by atoms with Crippen molar-refractivity contribution in [1.82, 2.24) is 5.32 Å². The highest BCUT2D eigenvalue weighted by molar-refractivity contribution is 6.05. The van der Waals surface area contributed by atoms with Gasteiger partial charge < -0.3 is 10.1 Å². The van der Waals surface area contributed by atoms with Crippen LogP contribution in [-0.4, -0.2) is 31.6 Å². The van der Waals surface area contributed by atoms with Crippen molar-refractivity contribution in [2.75, 3.05) is 19.7 Å². The first-order valence-corrected chi connectivity index (χ1v) is 6.98. The van der Waals surface area contributed by atoms with Crippen LogP contribution in [0.3, 0.4) is 0 Å². The Kier molecular flexibility index (Phi) is 4.08. The molecule has 2 aromatic rings. The Bertz CT molecular complexity index is 636. The molecule has 3 rings (SSSR count). The van der Waals surface area contributed by atoms with Gasteiger partial charge in [-0.05, 0) is 17.2 Å². The average Bonchev–Trinajstić information content (AvgIpc) is 2.55. The van der Waals surface area contributed by atoms with Crippen LogP contribution >= 0.6 is 0 Å². The number of hydrogen-bond donors (Lipinski definition) is 1. The number of rotatable bonds is 3. The molecule has 1 heterocycles. The Morgan fingerprint density at radius 1 is 1.14 bits per heavy atom. The van der Waals surface area contributed by atoms with Crippen molar-refractivity contribution in [1.29, 1.82) is 0 Å². The molecule has 1 unspecified atom stereocenters. The Labute approximate surface area is 122 Å². The highest BCUT2D eigenvalue weighted by Crippen LogP contribution is 2.27. The molecule has 0 saturated carbocycles. The Morgan fingerprint density at radius 3 is 2.67 bits per heavy atom. The molecule has 3 nitrogen and oxygen atoms in total. The van der Waals surface area contributed by atoms with Crippen LogP contribution in [0, 0.1) is 5.82 Å². The smallest absolute Gasteiger partial charge is 0.196 e. The molecule has 4 heteroatoms. The molecule has 0 aromatic heterocycles. The molecule has 0 radical (unpaired) electrons. The van der Waals surface area contributed by atoms with Crippen LogP contribution in [0.4, 0.5) is 4.39 Å². The van der Waals surface area contributed by atoms with Gasteiger partial charge in [0.05, 0.1) is 12.2 Å². The molecule has 1 atom stereocenters. The lowest BCUT2D eigenvalue weighted by Crippen LogP contribution is -2.43. The van der Waals surface area contributed by atoms with E-state index in [9.17, 15) is 9.18 Å². The zero-order valence-corrected chi connectivity index (χ0v) is 11.5. The van der Waals surface area contributed by atoms with Crippen molar-refractivity contribution in [3.63, 3.8) is 0 Å². The van der Waals surface area contributed by atoms with Gasteiger partial charge in [0.2, 0.25) is 0 Å². The van der Waals surface area contributed by atoms with Crippen LogP contribution in [0.2, 0.25) is 0 Å². The molecule has 1 aliphatic heterocycles. The Morgan fingerprint density at radius 2 is 1.95 bits per heavy atom. The summed E-state index contributed by atoms with van der Waals surface area (Å²) in [4.78, 5) is 12.6. The standard InChI is InChI=1S/C17H16FNO2/c18-14-8-4-7-13(12-5-2-1-3-6-12)16(14)17(20)15-11-19-9-10-21-15/h1-8,15,19H,9-11H2. The lowest BCUT2D eigenvalue weighted by Gasteiger charge is -2.23. The highest BCUT2D eigenvalue weighted by atomic mass is 19.1. The minimum atomic E-state index is -0.627. The second kappa shape index (κ2) is 6.16. The summed E-state index contributed by atoms with van der Waals surface area (Å²) >= 11 is 0. The van der Waals surface area contributed by atoms with Gasteiger partial charge in [-0.1, -0.05) is 42.5 Å². The second-order valence-corrected chi connectivity index (χ2v) is 4.96. The molecule has 21 heavy (non-hydrogen) atoms. The monoisotopic (exact) mass is 285 g/mol. The van der Waals surface area contributed by atoms with Gasteiger partial charge >= 0.3 is 0 Å². The fourth-order valence-electron chi connectivity index (χ4n) is 2.53. The van der Waals surface area contributed by atoms with Crippen molar-refractivity contribution in [2.45, 2.75) is 6.10 Å². The molecule has 0 aliphatic carbocycles. The normalized spacial score (nSPS) is 18.4. The number of halogens is 1. The number of morpholine rings is 1. The fraction of sp³-hybridized carbons (Fsp3) is 0.235. The van der Waals surface area contributed by atoms with Crippen molar-refractivity contribution in [2.24, 2.45) is 0 Å². The van der Waals surface area contributed by atoms with E-state index in [0.717, 1.165) is 5.56 Å². The highest BCUT2D eigenvalue weighted by Gasteiger charge is 2.27. The number of benzene rings is 2. The maximum atomic E-state index is 14.2. The van der Waals surface area contributed by atoms with E-state index in [2.05, 4.69) is 5.32 Å². The number of ketones is 1. The lowest BCUT2D eigenvalue weighted by molar-refractivity contribution is 0.0267. The van der Waals surface area contributed by atoms with E-state index in [1.54, 1.807) is 12.1 Å². The zero-order chi connectivity index (χ0) is 14.7. The van der Waals surface area contributed by atoms with E-state index in [1.165, 1.54) is 6.07 Å². The molecule has 0 amide bonds. The molecule has 2 aromatic carbocycles. The zero-order valence-electron chi connectivity index (χ0n) is 11.5. The summed E-state index contributed by atoms with van der Waals surface area (Å²) in [5.41, 5.74) is 1.54. The first kappa shape index (κ1) is 13.9. The summed E-state index contributed by atoms with van der Waals surface area (Å²) in [5.74, 6) is -0.810. The Balaban J connectivity index is 2.03. The van der Waals surface area contributed by atoms with Gasteiger partial charge in [0.1, 0.15) is 11.9 Å². The van der Waals surface area contributed by atoms with Crippen molar-refractivity contribution < 1.29 is 13.9 Å². The van der Waals surface area contributed by atoms with Gasteiger partial charge in [-0.2, -0.15) is 0 Å². The van der Waals surface area contributed by atoms with Crippen LogP contribution in [0.15, 0.2) is 48.5 Å². The van der Waals surface area contributed by atoms with Gasteiger partial charge in [-0.25, -0.2) is 4.39 Å². The predicted octanol–water partition coefficient (Wildman–Crippen LogP) is 2.66. The maximum Gasteiger partial charge on any atom is 0.196 e. The minimum Gasteiger partial charge on any atom is -0.367 e. The molecule has 1 saturated heterocycles. The third-order valence-corrected chi connectivity index (χ3v) is 3.56. The summed E-state index contributed by atoms with van der Waals surface area (Å²) < 4.78 is 19.7. The summed E-state index contributed by atoms with van der Waals surface area (Å²) in [7, 11) is 0. The van der Waals surface area contributed by atoms with E-state index >= 15 is 0 Å². The van der Waals surface area contributed by atoms with Crippen LogP contribution in [0.25, 0.3) is 11.1 Å². The van der Waals surface area contributed by atoms with Crippen molar-refractivity contribution in [3.8, 4) is 11.1 Å². The molecule has 0 bridgehead atoms. The quantitative estimate of drug-likeness (QED) is 0.881. The molecule has 0 spiro atoms. The number of hydrogen-bond acceptors (Lipinski definition) is 3. The van der Waals surface area contributed by atoms with Gasteiger partial charge in [0.15, 0.2) is 5.78 Å². The lowest BCUT2D eigenvalue weighted by atomic mass is 9.94. The van der Waals surface area contributed by atoms with Crippen LogP contribution in [0.1, 0.15) is 10.4 Å². The van der Waals surface area contributed by atoms with Crippen LogP contribution in [0.5, 0.6) is 0 Å². The third kappa shape index (κ3) is 2.86.